The number of anilines is 2. The Labute approximate surface area is 97.0 Å². The average molecular weight is 242 g/mol. The van der Waals surface area contributed by atoms with Crippen LogP contribution in [0.5, 0.6) is 0 Å². The second-order valence-electron chi connectivity index (χ2n) is 4.08. The normalized spacial score (nSPS) is 23.4. The summed E-state index contributed by atoms with van der Waals surface area (Å²) < 4.78 is 26.8. The van der Waals surface area contributed by atoms with Crippen LogP contribution < -0.4 is 10.2 Å². The van der Waals surface area contributed by atoms with Crippen LogP contribution in [0, 0.1) is 11.6 Å². The maximum atomic E-state index is 13.6. The van der Waals surface area contributed by atoms with Gasteiger partial charge in [-0.05, 0) is 6.07 Å². The summed E-state index contributed by atoms with van der Waals surface area (Å²) in [4.78, 5) is 2.12. The van der Waals surface area contributed by atoms with Crippen LogP contribution >= 0.6 is 11.8 Å². The molecule has 1 N–H and O–H groups in total. The summed E-state index contributed by atoms with van der Waals surface area (Å²) >= 11 is 1.89. The Balaban J connectivity index is 2.06. The molecular formula is C11H12F2N2S. The van der Waals surface area contributed by atoms with Gasteiger partial charge >= 0.3 is 0 Å². The summed E-state index contributed by atoms with van der Waals surface area (Å²) in [5, 5.41) is 3.06. The highest BCUT2D eigenvalue weighted by Crippen LogP contribution is 2.36. The minimum absolute atomic E-state index is 0.354. The van der Waals surface area contributed by atoms with Crippen molar-refractivity contribution in [3.05, 3.63) is 23.8 Å². The maximum Gasteiger partial charge on any atom is 0.151 e. The second kappa shape index (κ2) is 3.80. The van der Waals surface area contributed by atoms with E-state index in [2.05, 4.69) is 10.2 Å². The van der Waals surface area contributed by atoms with E-state index < -0.39 is 11.6 Å². The van der Waals surface area contributed by atoms with Crippen LogP contribution in [-0.2, 0) is 0 Å². The predicted molar refractivity (Wildman–Crippen MR) is 63.3 cm³/mol. The monoisotopic (exact) mass is 242 g/mol. The fourth-order valence-electron chi connectivity index (χ4n) is 2.32. The van der Waals surface area contributed by atoms with E-state index in [1.807, 2.05) is 11.8 Å². The summed E-state index contributed by atoms with van der Waals surface area (Å²) in [5.41, 5.74) is 1.12. The first-order valence-corrected chi connectivity index (χ1v) is 6.48. The molecular weight excluding hydrogens is 230 g/mol. The number of nitrogens with zero attached hydrogens (tertiary/aromatic N) is 1. The number of halogens is 2. The Morgan fingerprint density at radius 1 is 1.38 bits per heavy atom. The minimum atomic E-state index is -0.503. The van der Waals surface area contributed by atoms with Gasteiger partial charge in [-0.15, -0.1) is 0 Å². The molecule has 2 heterocycles. The Hall–Kier alpha value is -0.970. The van der Waals surface area contributed by atoms with Crippen LogP contribution in [0.1, 0.15) is 0 Å². The lowest BCUT2D eigenvalue weighted by atomic mass is 10.1. The van der Waals surface area contributed by atoms with Crippen molar-refractivity contribution in [1.82, 2.24) is 0 Å². The molecule has 5 heteroatoms. The van der Waals surface area contributed by atoms with Crippen LogP contribution in [-0.4, -0.2) is 30.6 Å². The highest BCUT2D eigenvalue weighted by molar-refractivity contribution is 7.99. The zero-order chi connectivity index (χ0) is 11.1. The molecule has 1 saturated heterocycles. The van der Waals surface area contributed by atoms with Crippen molar-refractivity contribution in [3.63, 3.8) is 0 Å². The molecule has 2 nitrogen and oxygen atoms in total. The molecule has 1 aromatic carbocycles. The van der Waals surface area contributed by atoms with Crippen molar-refractivity contribution in [2.45, 2.75) is 6.04 Å². The van der Waals surface area contributed by atoms with Crippen molar-refractivity contribution in [2.24, 2.45) is 0 Å². The molecule has 86 valence electrons. The van der Waals surface area contributed by atoms with Crippen molar-refractivity contribution in [1.29, 1.82) is 0 Å². The molecule has 0 saturated carbocycles. The van der Waals surface area contributed by atoms with Gasteiger partial charge in [0.05, 0.1) is 17.4 Å². The number of rotatable bonds is 0. The van der Waals surface area contributed by atoms with Gasteiger partial charge in [-0.3, -0.25) is 0 Å². The Morgan fingerprint density at radius 2 is 2.25 bits per heavy atom. The van der Waals surface area contributed by atoms with Gasteiger partial charge in [-0.2, -0.15) is 11.8 Å². The molecule has 0 aromatic heterocycles. The van der Waals surface area contributed by atoms with E-state index in [4.69, 9.17) is 0 Å². The Kier molecular flexibility index (Phi) is 2.42. The van der Waals surface area contributed by atoms with Crippen LogP contribution in [0.25, 0.3) is 0 Å². The third-order valence-corrected chi connectivity index (χ3v) is 4.18. The number of benzene rings is 1. The SMILES string of the molecule is Fc1cc(F)c2c(c1)N1CCSCC1CN2. The summed E-state index contributed by atoms with van der Waals surface area (Å²) in [6, 6.07) is 2.71. The number of thioether (sulfide) groups is 1. The van der Waals surface area contributed by atoms with E-state index in [-0.39, 0.29) is 0 Å². The smallest absolute Gasteiger partial charge is 0.151 e. The average Bonchev–Trinajstić information content (AvgIpc) is 2.28. The van der Waals surface area contributed by atoms with Gasteiger partial charge in [0.1, 0.15) is 5.82 Å². The fraction of sp³-hybridized carbons (Fsp3) is 0.455. The fourth-order valence-corrected chi connectivity index (χ4v) is 3.38. The first kappa shape index (κ1) is 10.2. The molecule has 1 aromatic rings. The molecule has 0 spiro atoms. The summed E-state index contributed by atoms with van der Waals surface area (Å²) in [6.07, 6.45) is 0. The summed E-state index contributed by atoms with van der Waals surface area (Å²) in [6.45, 7) is 1.61. The van der Waals surface area contributed by atoms with Crippen molar-refractivity contribution in [3.8, 4) is 0 Å². The van der Waals surface area contributed by atoms with Gasteiger partial charge in [0.15, 0.2) is 5.82 Å². The van der Waals surface area contributed by atoms with E-state index in [0.717, 1.165) is 30.7 Å². The third kappa shape index (κ3) is 1.54. The van der Waals surface area contributed by atoms with Gasteiger partial charge in [-0.25, -0.2) is 8.78 Å². The molecule has 0 radical (unpaired) electrons. The zero-order valence-corrected chi connectivity index (χ0v) is 9.49. The number of hydrogen-bond donors (Lipinski definition) is 1. The largest absolute Gasteiger partial charge is 0.379 e. The summed E-state index contributed by atoms with van der Waals surface area (Å²) in [5.74, 6) is 1.04. The molecule has 0 aliphatic carbocycles. The number of nitrogens with one attached hydrogen (secondary N) is 1. The van der Waals surface area contributed by atoms with Crippen LogP contribution in [0.15, 0.2) is 12.1 Å². The van der Waals surface area contributed by atoms with Gasteiger partial charge in [-0.1, -0.05) is 0 Å². The highest BCUT2D eigenvalue weighted by atomic mass is 32.2. The molecule has 3 rings (SSSR count). The second-order valence-corrected chi connectivity index (χ2v) is 5.23. The van der Waals surface area contributed by atoms with E-state index in [1.54, 1.807) is 0 Å². The number of hydrogen-bond acceptors (Lipinski definition) is 3. The topological polar surface area (TPSA) is 15.3 Å². The van der Waals surface area contributed by atoms with Crippen molar-refractivity contribution in [2.75, 3.05) is 34.8 Å². The lowest BCUT2D eigenvalue weighted by Crippen LogP contribution is -2.49. The van der Waals surface area contributed by atoms with Gasteiger partial charge in [0.2, 0.25) is 0 Å². The Bertz CT molecular complexity index is 425. The molecule has 2 aliphatic rings. The minimum Gasteiger partial charge on any atom is -0.379 e. The van der Waals surface area contributed by atoms with Gasteiger partial charge < -0.3 is 10.2 Å². The third-order valence-electron chi connectivity index (χ3n) is 3.09. The van der Waals surface area contributed by atoms with E-state index in [0.29, 0.717) is 17.4 Å². The lowest BCUT2D eigenvalue weighted by molar-refractivity contribution is 0.572. The molecule has 2 aliphatic heterocycles. The van der Waals surface area contributed by atoms with Gasteiger partial charge in [0.25, 0.3) is 0 Å². The predicted octanol–water partition coefficient (Wildman–Crippen LogP) is 2.31. The zero-order valence-electron chi connectivity index (χ0n) is 8.67. The van der Waals surface area contributed by atoms with E-state index in [9.17, 15) is 8.78 Å². The first-order valence-electron chi connectivity index (χ1n) is 5.33. The first-order chi connectivity index (χ1) is 7.75. The standard InChI is InChI=1S/C11H12F2N2S/c12-7-3-9(13)11-10(4-7)15-1-2-16-6-8(15)5-14-11/h3-4,8,14H,1-2,5-6H2. The van der Waals surface area contributed by atoms with Gasteiger partial charge in [0, 0.05) is 30.7 Å². The molecule has 0 amide bonds. The highest BCUT2D eigenvalue weighted by Gasteiger charge is 2.30. The van der Waals surface area contributed by atoms with E-state index in [1.165, 1.54) is 6.07 Å². The van der Waals surface area contributed by atoms with Crippen LogP contribution in [0.4, 0.5) is 20.2 Å². The molecule has 1 fully saturated rings. The molecule has 0 bridgehead atoms. The number of fused-ring (bicyclic) bond motifs is 3. The lowest BCUT2D eigenvalue weighted by Gasteiger charge is -2.42. The quantitative estimate of drug-likeness (QED) is 0.751. The Morgan fingerprint density at radius 3 is 3.12 bits per heavy atom. The maximum absolute atomic E-state index is 13.6. The van der Waals surface area contributed by atoms with E-state index >= 15 is 0 Å². The molecule has 1 atom stereocenters. The van der Waals surface area contributed by atoms with Crippen molar-refractivity contribution >= 4 is 23.1 Å². The summed E-state index contributed by atoms with van der Waals surface area (Å²) in [7, 11) is 0. The molecule has 1 unspecified atom stereocenters. The van der Waals surface area contributed by atoms with Crippen LogP contribution in [0.2, 0.25) is 0 Å². The molecule has 16 heavy (non-hydrogen) atoms. The van der Waals surface area contributed by atoms with Crippen molar-refractivity contribution < 1.29 is 8.78 Å². The van der Waals surface area contributed by atoms with Crippen LogP contribution in [0.3, 0.4) is 0 Å².